The first kappa shape index (κ1) is 18.2. The van der Waals surface area contributed by atoms with Gasteiger partial charge in [-0.05, 0) is 31.2 Å². The molecule has 2 aromatic carbocycles. The van der Waals surface area contributed by atoms with E-state index in [2.05, 4.69) is 20.5 Å². The van der Waals surface area contributed by atoms with Crippen LogP contribution in [0.2, 0.25) is 0 Å². The fourth-order valence-electron chi connectivity index (χ4n) is 3.03. The number of hydrogen-bond donors (Lipinski definition) is 2. The molecule has 2 aromatic heterocycles. The topological polar surface area (TPSA) is 75.6 Å². The molecular formula is C20H18FN5OS. The molecule has 2 heterocycles. The number of H-pyrrole nitrogens is 1. The van der Waals surface area contributed by atoms with Gasteiger partial charge in [-0.3, -0.25) is 4.79 Å². The average molecular weight is 395 g/mol. The van der Waals surface area contributed by atoms with Gasteiger partial charge in [0.2, 0.25) is 5.91 Å². The average Bonchev–Trinajstić information content (AvgIpc) is 3.29. The normalized spacial score (nSPS) is 11.1. The van der Waals surface area contributed by atoms with Gasteiger partial charge in [-0.15, -0.1) is 10.2 Å². The summed E-state index contributed by atoms with van der Waals surface area (Å²) in [7, 11) is 0. The molecule has 1 amide bonds. The highest BCUT2D eigenvalue weighted by Gasteiger charge is 2.17. The van der Waals surface area contributed by atoms with Crippen molar-refractivity contribution in [3.05, 3.63) is 60.5 Å². The number of nitrogens with zero attached hydrogens (tertiary/aromatic N) is 3. The molecule has 142 valence electrons. The van der Waals surface area contributed by atoms with Gasteiger partial charge >= 0.3 is 0 Å². The Morgan fingerprint density at radius 1 is 1.21 bits per heavy atom. The van der Waals surface area contributed by atoms with Crippen LogP contribution in [0.25, 0.3) is 22.3 Å². The zero-order chi connectivity index (χ0) is 19.5. The van der Waals surface area contributed by atoms with E-state index < -0.39 is 0 Å². The fourth-order valence-corrected chi connectivity index (χ4v) is 3.83. The van der Waals surface area contributed by atoms with Crippen LogP contribution in [0.1, 0.15) is 6.92 Å². The van der Waals surface area contributed by atoms with Gasteiger partial charge in [0.1, 0.15) is 5.82 Å². The number of thioether (sulfide) groups is 1. The smallest absolute Gasteiger partial charge is 0.234 e. The number of halogens is 1. The van der Waals surface area contributed by atoms with E-state index >= 15 is 0 Å². The number of nitrogens with one attached hydrogen (secondary N) is 2. The van der Waals surface area contributed by atoms with Crippen molar-refractivity contribution >= 4 is 34.3 Å². The Hall–Kier alpha value is -3.13. The summed E-state index contributed by atoms with van der Waals surface area (Å²) in [5, 5.41) is 13.0. The summed E-state index contributed by atoms with van der Waals surface area (Å²) in [6.07, 6.45) is 1.92. The minimum Gasteiger partial charge on any atom is -0.360 e. The molecule has 0 aliphatic carbocycles. The minimum atomic E-state index is -0.389. The summed E-state index contributed by atoms with van der Waals surface area (Å²) in [6.45, 7) is 2.69. The van der Waals surface area contributed by atoms with Crippen LogP contribution in [0.5, 0.6) is 0 Å². The molecular weight excluding hydrogens is 377 g/mol. The zero-order valence-corrected chi connectivity index (χ0v) is 16.0. The minimum absolute atomic E-state index is 0.155. The molecule has 0 spiro atoms. The number of para-hydroxylation sites is 1. The van der Waals surface area contributed by atoms with Crippen LogP contribution in [0.4, 0.5) is 10.1 Å². The van der Waals surface area contributed by atoms with Crippen molar-refractivity contribution in [1.29, 1.82) is 0 Å². The lowest BCUT2D eigenvalue weighted by Crippen LogP contribution is -2.14. The Bertz CT molecular complexity index is 1140. The Labute approximate surface area is 165 Å². The van der Waals surface area contributed by atoms with Crippen molar-refractivity contribution in [2.24, 2.45) is 0 Å². The second kappa shape index (κ2) is 7.85. The molecule has 0 saturated carbocycles. The van der Waals surface area contributed by atoms with Crippen LogP contribution in [0.3, 0.4) is 0 Å². The third-order valence-corrected chi connectivity index (χ3v) is 5.27. The van der Waals surface area contributed by atoms with E-state index in [-0.39, 0.29) is 17.5 Å². The Morgan fingerprint density at radius 3 is 2.89 bits per heavy atom. The Balaban J connectivity index is 1.51. The molecule has 4 rings (SSSR count). The molecule has 0 aliphatic rings. The molecule has 0 aliphatic heterocycles. The number of carbonyl (C=O) groups excluding carboxylic acids is 1. The molecule has 4 aromatic rings. The molecule has 0 bridgehead atoms. The summed E-state index contributed by atoms with van der Waals surface area (Å²) >= 11 is 1.30. The summed E-state index contributed by atoms with van der Waals surface area (Å²) in [4.78, 5) is 15.4. The van der Waals surface area contributed by atoms with Crippen molar-refractivity contribution in [2.75, 3.05) is 11.1 Å². The number of hydrogen-bond acceptors (Lipinski definition) is 4. The lowest BCUT2D eigenvalue weighted by atomic mass is 10.1. The van der Waals surface area contributed by atoms with Gasteiger partial charge in [0.05, 0.1) is 5.75 Å². The Morgan fingerprint density at radius 2 is 2.07 bits per heavy atom. The van der Waals surface area contributed by atoms with Crippen LogP contribution < -0.4 is 5.32 Å². The van der Waals surface area contributed by atoms with Crippen molar-refractivity contribution in [1.82, 2.24) is 19.7 Å². The van der Waals surface area contributed by atoms with E-state index in [9.17, 15) is 9.18 Å². The first-order valence-corrected chi connectivity index (χ1v) is 9.82. The number of amides is 1. The van der Waals surface area contributed by atoms with Crippen molar-refractivity contribution in [2.45, 2.75) is 18.6 Å². The standard InChI is InChI=1S/C20H18FN5OS/c1-2-26-19(16-11-22-17-9-4-3-8-15(16)17)24-25-20(26)28-12-18(27)23-14-7-5-6-13(21)10-14/h3-11,22H,2,12H2,1H3,(H,23,27). The number of aromatic amines is 1. The molecule has 0 saturated heterocycles. The van der Waals surface area contributed by atoms with Gasteiger partial charge in [-0.25, -0.2) is 4.39 Å². The molecule has 0 unspecified atom stereocenters. The summed E-state index contributed by atoms with van der Waals surface area (Å²) in [6, 6.07) is 13.8. The van der Waals surface area contributed by atoms with Crippen LogP contribution in [-0.2, 0) is 11.3 Å². The van der Waals surface area contributed by atoms with Gasteiger partial charge in [0.25, 0.3) is 0 Å². The van der Waals surface area contributed by atoms with Crippen molar-refractivity contribution < 1.29 is 9.18 Å². The first-order valence-electron chi connectivity index (χ1n) is 8.83. The van der Waals surface area contributed by atoms with Crippen LogP contribution >= 0.6 is 11.8 Å². The molecule has 6 nitrogen and oxygen atoms in total. The quantitative estimate of drug-likeness (QED) is 0.477. The number of benzene rings is 2. The third-order valence-electron chi connectivity index (χ3n) is 4.30. The van der Waals surface area contributed by atoms with E-state index in [4.69, 9.17) is 0 Å². The van der Waals surface area contributed by atoms with Crippen LogP contribution in [-0.4, -0.2) is 31.4 Å². The van der Waals surface area contributed by atoms with E-state index in [0.29, 0.717) is 17.4 Å². The van der Waals surface area contributed by atoms with E-state index in [1.807, 2.05) is 42.0 Å². The van der Waals surface area contributed by atoms with E-state index in [1.54, 1.807) is 12.1 Å². The summed E-state index contributed by atoms with van der Waals surface area (Å²) in [5.74, 6) is 0.296. The maximum Gasteiger partial charge on any atom is 0.234 e. The van der Waals surface area contributed by atoms with Crippen LogP contribution in [0, 0.1) is 5.82 Å². The van der Waals surface area contributed by atoms with Gasteiger partial charge < -0.3 is 14.9 Å². The van der Waals surface area contributed by atoms with Gasteiger partial charge in [-0.1, -0.05) is 36.0 Å². The second-order valence-corrected chi connectivity index (χ2v) is 7.09. The Kier molecular flexibility index (Phi) is 5.12. The highest BCUT2D eigenvalue weighted by atomic mass is 32.2. The fraction of sp³-hybridized carbons (Fsp3) is 0.150. The van der Waals surface area contributed by atoms with Gasteiger partial charge in [0, 0.05) is 34.9 Å². The molecule has 0 fully saturated rings. The number of carbonyl (C=O) groups is 1. The monoisotopic (exact) mass is 395 g/mol. The first-order chi connectivity index (χ1) is 13.7. The summed E-state index contributed by atoms with van der Waals surface area (Å²) in [5.41, 5.74) is 2.44. The predicted octanol–water partition coefficient (Wildman–Crippen LogP) is 4.32. The highest BCUT2D eigenvalue weighted by molar-refractivity contribution is 7.99. The number of rotatable bonds is 6. The number of fused-ring (bicyclic) bond motifs is 1. The third kappa shape index (κ3) is 3.63. The SMILES string of the molecule is CCn1c(SCC(=O)Nc2cccc(F)c2)nnc1-c1c[nH]c2ccccc12. The molecule has 0 radical (unpaired) electrons. The lowest BCUT2D eigenvalue weighted by molar-refractivity contribution is -0.113. The van der Waals surface area contributed by atoms with E-state index in [0.717, 1.165) is 22.3 Å². The van der Waals surface area contributed by atoms with E-state index in [1.165, 1.54) is 23.9 Å². The molecule has 0 atom stereocenters. The maximum absolute atomic E-state index is 13.2. The second-order valence-electron chi connectivity index (χ2n) is 6.15. The molecule has 2 N–H and O–H groups in total. The molecule has 28 heavy (non-hydrogen) atoms. The molecule has 8 heteroatoms. The number of anilines is 1. The lowest BCUT2D eigenvalue weighted by Gasteiger charge is -2.07. The van der Waals surface area contributed by atoms with Gasteiger partial charge in [-0.2, -0.15) is 0 Å². The number of aromatic nitrogens is 4. The maximum atomic E-state index is 13.2. The van der Waals surface area contributed by atoms with Crippen molar-refractivity contribution in [3.63, 3.8) is 0 Å². The van der Waals surface area contributed by atoms with Crippen molar-refractivity contribution in [3.8, 4) is 11.4 Å². The predicted molar refractivity (Wildman–Crippen MR) is 109 cm³/mol. The summed E-state index contributed by atoms with van der Waals surface area (Å²) < 4.78 is 15.2. The van der Waals surface area contributed by atoms with Crippen LogP contribution in [0.15, 0.2) is 59.9 Å². The zero-order valence-electron chi connectivity index (χ0n) is 15.1. The largest absolute Gasteiger partial charge is 0.360 e. The van der Waals surface area contributed by atoms with Gasteiger partial charge in [0.15, 0.2) is 11.0 Å². The highest BCUT2D eigenvalue weighted by Crippen LogP contribution is 2.29.